The normalized spacial score (nSPS) is 20.1. The molecule has 1 aromatic carbocycles. The number of carbonyl (C=O) groups is 2. The van der Waals surface area contributed by atoms with Gasteiger partial charge in [0.25, 0.3) is 0 Å². The van der Waals surface area contributed by atoms with E-state index >= 15 is 0 Å². The van der Waals surface area contributed by atoms with Crippen LogP contribution in [0, 0.1) is 5.92 Å². The second-order valence-electron chi connectivity index (χ2n) is 10.6. The Kier molecular flexibility index (Phi) is 7.80. The Morgan fingerprint density at radius 1 is 1.31 bits per heavy atom. The molecule has 4 rings (SSSR count). The van der Waals surface area contributed by atoms with Crippen LogP contribution in [0.5, 0.6) is 0 Å². The van der Waals surface area contributed by atoms with E-state index in [1.165, 1.54) is 0 Å². The number of carbonyl (C=O) groups excluding carboxylic acids is 2. The van der Waals surface area contributed by atoms with Crippen molar-refractivity contribution in [2.45, 2.75) is 44.8 Å². The standard InChI is InChI=1S/C27H39N7O2/c1-6-14-33-15-10-13-20(16-33)25(35)29-24-21-17-34(27(2,3)23(21)30-31-24)26(36)28-22(18-32(4)5)19-11-8-7-9-12-19/h6-9,11-12,20,22H,1,10,13-18H2,2-5H3,(H,28,36)(H2,29,30,31,35)/t20-,22-/m1/s1. The minimum atomic E-state index is -0.597. The number of urea groups is 1. The van der Waals surface area contributed by atoms with Crippen molar-refractivity contribution in [1.82, 2.24) is 30.2 Å². The first-order chi connectivity index (χ1) is 17.2. The number of aromatic nitrogens is 2. The SMILES string of the molecule is C=CCN1CCC[C@@H](C(=O)Nc2n[nH]c3c2CN(C(=O)N[C@H](CN(C)C)c2ccccc2)C3(C)C)C1. The Balaban J connectivity index is 1.46. The molecule has 36 heavy (non-hydrogen) atoms. The number of nitrogens with zero attached hydrogens (tertiary/aromatic N) is 4. The van der Waals surface area contributed by atoms with Gasteiger partial charge in [0.05, 0.1) is 29.7 Å². The average Bonchev–Trinajstić information content (AvgIpc) is 3.37. The number of aromatic amines is 1. The maximum Gasteiger partial charge on any atom is 0.319 e. The Morgan fingerprint density at radius 3 is 2.75 bits per heavy atom. The molecule has 2 aromatic rings. The number of likely N-dealkylation sites (tertiary alicyclic amines) is 1. The van der Waals surface area contributed by atoms with E-state index in [4.69, 9.17) is 0 Å². The van der Waals surface area contributed by atoms with Gasteiger partial charge in [0.2, 0.25) is 5.91 Å². The van der Waals surface area contributed by atoms with E-state index in [2.05, 4.69) is 37.2 Å². The molecule has 194 valence electrons. The van der Waals surface area contributed by atoms with Crippen LogP contribution in [0.4, 0.5) is 10.6 Å². The van der Waals surface area contributed by atoms with E-state index in [1.807, 2.05) is 69.3 Å². The molecule has 9 nitrogen and oxygen atoms in total. The molecule has 0 bridgehead atoms. The lowest BCUT2D eigenvalue weighted by Gasteiger charge is -2.34. The van der Waals surface area contributed by atoms with E-state index in [0.717, 1.165) is 49.3 Å². The van der Waals surface area contributed by atoms with Gasteiger partial charge < -0.3 is 20.4 Å². The molecule has 1 saturated heterocycles. The minimum absolute atomic E-state index is 0.0195. The fraction of sp³-hybridized carbons (Fsp3) is 0.519. The van der Waals surface area contributed by atoms with Crippen molar-refractivity contribution < 1.29 is 9.59 Å². The van der Waals surface area contributed by atoms with E-state index in [-0.39, 0.29) is 23.9 Å². The summed E-state index contributed by atoms with van der Waals surface area (Å²) < 4.78 is 0. The number of benzene rings is 1. The van der Waals surface area contributed by atoms with Crippen LogP contribution in [0.2, 0.25) is 0 Å². The minimum Gasteiger partial charge on any atom is -0.330 e. The average molecular weight is 494 g/mol. The van der Waals surface area contributed by atoms with Gasteiger partial charge in [-0.25, -0.2) is 4.79 Å². The van der Waals surface area contributed by atoms with Gasteiger partial charge in [0.1, 0.15) is 0 Å². The van der Waals surface area contributed by atoms with Gasteiger partial charge >= 0.3 is 6.03 Å². The Morgan fingerprint density at radius 2 is 2.06 bits per heavy atom. The zero-order valence-corrected chi connectivity index (χ0v) is 21.9. The van der Waals surface area contributed by atoms with Crippen molar-refractivity contribution in [2.24, 2.45) is 5.92 Å². The first-order valence-corrected chi connectivity index (χ1v) is 12.7. The lowest BCUT2D eigenvalue weighted by Crippen LogP contribution is -2.48. The molecule has 0 unspecified atom stereocenters. The highest BCUT2D eigenvalue weighted by Gasteiger charge is 2.44. The zero-order valence-electron chi connectivity index (χ0n) is 21.9. The van der Waals surface area contributed by atoms with Gasteiger partial charge in [-0.15, -0.1) is 6.58 Å². The molecular formula is C27H39N7O2. The predicted octanol–water partition coefficient (Wildman–Crippen LogP) is 3.31. The van der Waals surface area contributed by atoms with Gasteiger partial charge in [-0.05, 0) is 52.9 Å². The summed E-state index contributed by atoms with van der Waals surface area (Å²) in [5, 5.41) is 13.8. The summed E-state index contributed by atoms with van der Waals surface area (Å²) in [5.74, 6) is 0.415. The van der Waals surface area contributed by atoms with Crippen LogP contribution in [0.15, 0.2) is 43.0 Å². The van der Waals surface area contributed by atoms with Crippen molar-refractivity contribution in [3.05, 3.63) is 59.8 Å². The van der Waals surface area contributed by atoms with Crippen LogP contribution in [0.25, 0.3) is 0 Å². The molecule has 3 amide bonds. The molecule has 0 saturated carbocycles. The third-order valence-corrected chi connectivity index (χ3v) is 7.27. The summed E-state index contributed by atoms with van der Waals surface area (Å²) >= 11 is 0. The van der Waals surface area contributed by atoms with Crippen LogP contribution in [0.3, 0.4) is 0 Å². The number of hydrogen-bond acceptors (Lipinski definition) is 5. The van der Waals surface area contributed by atoms with Crippen LogP contribution in [-0.4, -0.2) is 77.1 Å². The van der Waals surface area contributed by atoms with Gasteiger partial charge in [-0.2, -0.15) is 5.10 Å². The fourth-order valence-electron chi connectivity index (χ4n) is 5.29. The molecule has 2 aliphatic heterocycles. The summed E-state index contributed by atoms with van der Waals surface area (Å²) in [6.07, 6.45) is 3.73. The number of H-pyrrole nitrogens is 1. The maximum atomic E-state index is 13.5. The summed E-state index contributed by atoms with van der Waals surface area (Å²) in [4.78, 5) is 32.7. The third-order valence-electron chi connectivity index (χ3n) is 7.27. The lowest BCUT2D eigenvalue weighted by atomic mass is 9.97. The number of nitrogens with one attached hydrogen (secondary N) is 3. The molecule has 1 fully saturated rings. The van der Waals surface area contributed by atoms with E-state index in [1.54, 1.807) is 0 Å². The highest BCUT2D eigenvalue weighted by molar-refractivity contribution is 5.93. The monoisotopic (exact) mass is 493 g/mol. The van der Waals surface area contributed by atoms with Crippen LogP contribution >= 0.6 is 0 Å². The first kappa shape index (κ1) is 25.9. The maximum absolute atomic E-state index is 13.5. The molecule has 2 aliphatic rings. The lowest BCUT2D eigenvalue weighted by molar-refractivity contribution is -0.121. The number of rotatable bonds is 8. The number of anilines is 1. The van der Waals surface area contributed by atoms with Gasteiger partial charge in [-0.1, -0.05) is 36.4 Å². The number of likely N-dealkylation sites (N-methyl/N-ethyl adjacent to an activating group) is 1. The van der Waals surface area contributed by atoms with Crippen LogP contribution in [-0.2, 0) is 16.9 Å². The summed E-state index contributed by atoms with van der Waals surface area (Å²) in [7, 11) is 3.99. The van der Waals surface area contributed by atoms with Crippen molar-refractivity contribution in [2.75, 3.05) is 45.6 Å². The Bertz CT molecular complexity index is 1080. The molecule has 0 spiro atoms. The van der Waals surface area contributed by atoms with Crippen LogP contribution in [0.1, 0.15) is 49.6 Å². The number of amides is 3. The van der Waals surface area contributed by atoms with Gasteiger partial charge in [0.15, 0.2) is 5.82 Å². The van der Waals surface area contributed by atoms with E-state index < -0.39 is 5.54 Å². The van der Waals surface area contributed by atoms with Gasteiger partial charge in [0, 0.05) is 25.2 Å². The Labute approximate surface area is 213 Å². The van der Waals surface area contributed by atoms with Crippen molar-refractivity contribution >= 4 is 17.8 Å². The molecule has 9 heteroatoms. The largest absolute Gasteiger partial charge is 0.330 e. The second-order valence-corrected chi connectivity index (χ2v) is 10.6. The number of fused-ring (bicyclic) bond motifs is 1. The Hall–Kier alpha value is -3.17. The molecule has 0 radical (unpaired) electrons. The third kappa shape index (κ3) is 5.47. The molecule has 3 heterocycles. The van der Waals surface area contributed by atoms with Crippen molar-refractivity contribution in [1.29, 1.82) is 0 Å². The summed E-state index contributed by atoms with van der Waals surface area (Å²) in [5.41, 5.74) is 2.18. The van der Waals surface area contributed by atoms with Crippen molar-refractivity contribution in [3.63, 3.8) is 0 Å². The molecule has 2 atom stereocenters. The van der Waals surface area contributed by atoms with Gasteiger partial charge in [-0.3, -0.25) is 14.8 Å². The number of piperidine rings is 1. The molecule has 0 aliphatic carbocycles. The topological polar surface area (TPSA) is 96.6 Å². The highest BCUT2D eigenvalue weighted by Crippen LogP contribution is 2.40. The highest BCUT2D eigenvalue weighted by atomic mass is 16.2. The summed E-state index contributed by atoms with van der Waals surface area (Å²) in [6.45, 7) is 11.4. The first-order valence-electron chi connectivity index (χ1n) is 12.7. The quantitative estimate of drug-likeness (QED) is 0.491. The summed E-state index contributed by atoms with van der Waals surface area (Å²) in [6, 6.07) is 9.71. The fourth-order valence-corrected chi connectivity index (χ4v) is 5.29. The predicted molar refractivity (Wildman–Crippen MR) is 141 cm³/mol. The van der Waals surface area contributed by atoms with E-state index in [0.29, 0.717) is 18.9 Å². The smallest absolute Gasteiger partial charge is 0.319 e. The number of hydrogen-bond donors (Lipinski definition) is 3. The zero-order chi connectivity index (χ0) is 25.9. The van der Waals surface area contributed by atoms with E-state index in [9.17, 15) is 9.59 Å². The van der Waals surface area contributed by atoms with Crippen molar-refractivity contribution in [3.8, 4) is 0 Å². The molecular weight excluding hydrogens is 454 g/mol. The second kappa shape index (κ2) is 10.8. The molecule has 3 N–H and O–H groups in total. The molecule has 1 aromatic heterocycles. The van der Waals surface area contributed by atoms with Crippen LogP contribution < -0.4 is 10.6 Å².